The average molecular weight is 358 g/mol. The molecule has 132 valence electrons. The summed E-state index contributed by atoms with van der Waals surface area (Å²) < 4.78 is 10.2. The molecule has 0 saturated heterocycles. The zero-order chi connectivity index (χ0) is 18.1. The first-order valence-electron chi connectivity index (χ1n) is 8.28. The fraction of sp³-hybridized carbons (Fsp3) is 0.389. The predicted octanol–water partition coefficient (Wildman–Crippen LogP) is 3.47. The number of carbonyl (C=O) groups excluding carboxylic acids is 1. The summed E-state index contributed by atoms with van der Waals surface area (Å²) in [6, 6.07) is 7.79. The van der Waals surface area contributed by atoms with Gasteiger partial charge in [-0.2, -0.15) is 10.1 Å². The Labute approximate surface area is 150 Å². The first kappa shape index (κ1) is 17.4. The topological polar surface area (TPSA) is 61.4 Å². The lowest BCUT2D eigenvalue weighted by atomic mass is 10.3. The second-order valence-corrected chi connectivity index (χ2v) is 7.14. The molecule has 0 spiro atoms. The minimum Gasteiger partial charge on any atom is -0.494 e. The molecule has 1 amide bonds. The normalized spacial score (nSPS) is 12.3. The second kappa shape index (κ2) is 6.84. The number of hydrogen-bond donors (Lipinski definition) is 0. The molecule has 0 unspecified atom stereocenters. The minimum absolute atomic E-state index is 0.104. The van der Waals surface area contributed by atoms with Crippen LogP contribution in [-0.4, -0.2) is 26.9 Å². The summed E-state index contributed by atoms with van der Waals surface area (Å²) in [4.78, 5) is 17.7. The molecule has 0 atom stereocenters. The highest BCUT2D eigenvalue weighted by Gasteiger charge is 2.16. The molecular formula is C18H22N4O2S. The SMILES string of the molecule is CCOc1ccc2c(c1)sc(=NC(=O)c1cc(C)nn1C(C)C)n2C. The van der Waals surface area contributed by atoms with E-state index in [1.807, 2.05) is 57.5 Å². The zero-order valence-corrected chi connectivity index (χ0v) is 15.9. The largest absolute Gasteiger partial charge is 0.494 e. The fourth-order valence-electron chi connectivity index (χ4n) is 2.69. The maximum Gasteiger partial charge on any atom is 0.297 e. The van der Waals surface area contributed by atoms with E-state index < -0.39 is 0 Å². The maximum absolute atomic E-state index is 12.7. The van der Waals surface area contributed by atoms with Crippen LogP contribution < -0.4 is 9.54 Å². The zero-order valence-electron chi connectivity index (χ0n) is 15.1. The van der Waals surface area contributed by atoms with Gasteiger partial charge in [0.2, 0.25) is 0 Å². The molecule has 0 aliphatic rings. The van der Waals surface area contributed by atoms with Crippen molar-refractivity contribution in [3.8, 4) is 5.75 Å². The van der Waals surface area contributed by atoms with Crippen molar-refractivity contribution < 1.29 is 9.53 Å². The molecule has 0 aliphatic carbocycles. The fourth-order valence-corrected chi connectivity index (χ4v) is 3.74. The number of fused-ring (bicyclic) bond motifs is 1. The van der Waals surface area contributed by atoms with Crippen LogP contribution >= 0.6 is 11.3 Å². The van der Waals surface area contributed by atoms with Gasteiger partial charge in [0.1, 0.15) is 11.4 Å². The molecule has 0 fully saturated rings. The van der Waals surface area contributed by atoms with Crippen LogP contribution in [0.3, 0.4) is 0 Å². The van der Waals surface area contributed by atoms with Gasteiger partial charge < -0.3 is 9.30 Å². The summed E-state index contributed by atoms with van der Waals surface area (Å²) in [5.74, 6) is 0.546. The van der Waals surface area contributed by atoms with Crippen molar-refractivity contribution in [2.24, 2.45) is 12.0 Å². The van der Waals surface area contributed by atoms with Crippen LogP contribution in [0.5, 0.6) is 5.75 Å². The van der Waals surface area contributed by atoms with Gasteiger partial charge in [0.05, 0.1) is 22.5 Å². The molecule has 25 heavy (non-hydrogen) atoms. The maximum atomic E-state index is 12.7. The van der Waals surface area contributed by atoms with Gasteiger partial charge in [-0.3, -0.25) is 9.48 Å². The molecule has 2 aromatic heterocycles. The van der Waals surface area contributed by atoms with Crippen molar-refractivity contribution in [2.45, 2.75) is 33.7 Å². The number of nitrogens with zero attached hydrogens (tertiary/aromatic N) is 4. The van der Waals surface area contributed by atoms with E-state index in [0.717, 1.165) is 21.7 Å². The Morgan fingerprint density at radius 2 is 2.12 bits per heavy atom. The molecule has 0 aliphatic heterocycles. The third-order valence-corrected chi connectivity index (χ3v) is 4.95. The molecular weight excluding hydrogens is 336 g/mol. The van der Waals surface area contributed by atoms with Gasteiger partial charge in [0, 0.05) is 13.1 Å². The molecule has 3 rings (SSSR count). The van der Waals surface area contributed by atoms with Gasteiger partial charge in [-0.05, 0) is 52.0 Å². The molecule has 0 radical (unpaired) electrons. The number of hydrogen-bond acceptors (Lipinski definition) is 4. The van der Waals surface area contributed by atoms with E-state index in [4.69, 9.17) is 4.74 Å². The first-order valence-corrected chi connectivity index (χ1v) is 9.10. The van der Waals surface area contributed by atoms with Gasteiger partial charge >= 0.3 is 0 Å². The molecule has 2 heterocycles. The molecule has 0 saturated carbocycles. The lowest BCUT2D eigenvalue weighted by Crippen LogP contribution is -2.16. The summed E-state index contributed by atoms with van der Waals surface area (Å²) in [5, 5.41) is 4.39. The number of carbonyl (C=O) groups is 1. The highest BCUT2D eigenvalue weighted by atomic mass is 32.1. The van der Waals surface area contributed by atoms with Crippen molar-refractivity contribution in [1.29, 1.82) is 0 Å². The van der Waals surface area contributed by atoms with Crippen LogP contribution in [0.4, 0.5) is 0 Å². The van der Waals surface area contributed by atoms with Crippen LogP contribution in [0.2, 0.25) is 0 Å². The quantitative estimate of drug-likeness (QED) is 0.717. The smallest absolute Gasteiger partial charge is 0.297 e. The van der Waals surface area contributed by atoms with E-state index >= 15 is 0 Å². The lowest BCUT2D eigenvalue weighted by Gasteiger charge is -2.07. The predicted molar refractivity (Wildman–Crippen MR) is 99.2 cm³/mol. The molecule has 0 N–H and O–H groups in total. The Balaban J connectivity index is 2.06. The molecule has 3 aromatic rings. The monoisotopic (exact) mass is 358 g/mol. The van der Waals surface area contributed by atoms with E-state index in [9.17, 15) is 4.79 Å². The highest BCUT2D eigenvalue weighted by Crippen LogP contribution is 2.23. The van der Waals surface area contributed by atoms with Crippen LogP contribution in [-0.2, 0) is 7.05 Å². The third kappa shape index (κ3) is 3.37. The number of rotatable bonds is 4. The van der Waals surface area contributed by atoms with E-state index in [-0.39, 0.29) is 11.9 Å². The average Bonchev–Trinajstić information content (AvgIpc) is 3.09. The van der Waals surface area contributed by atoms with E-state index in [2.05, 4.69) is 10.1 Å². The number of ether oxygens (including phenoxy) is 1. The second-order valence-electron chi connectivity index (χ2n) is 6.13. The highest BCUT2D eigenvalue weighted by molar-refractivity contribution is 7.16. The van der Waals surface area contributed by atoms with Gasteiger partial charge in [-0.15, -0.1) is 0 Å². The van der Waals surface area contributed by atoms with E-state index in [1.54, 1.807) is 10.7 Å². The molecule has 6 nitrogen and oxygen atoms in total. The van der Waals surface area contributed by atoms with Gasteiger partial charge in [-0.1, -0.05) is 11.3 Å². The van der Waals surface area contributed by atoms with Crippen LogP contribution in [0, 0.1) is 6.92 Å². The first-order chi connectivity index (χ1) is 11.9. The van der Waals surface area contributed by atoms with E-state index in [0.29, 0.717) is 17.1 Å². The summed E-state index contributed by atoms with van der Waals surface area (Å²) >= 11 is 1.47. The van der Waals surface area contributed by atoms with Crippen molar-refractivity contribution >= 4 is 27.5 Å². The number of benzene rings is 1. The van der Waals surface area contributed by atoms with Gasteiger partial charge in [-0.25, -0.2) is 0 Å². The Morgan fingerprint density at radius 1 is 1.36 bits per heavy atom. The van der Waals surface area contributed by atoms with Gasteiger partial charge in [0.25, 0.3) is 5.91 Å². The van der Waals surface area contributed by atoms with Crippen molar-refractivity contribution in [3.05, 3.63) is 40.5 Å². The number of aryl methyl sites for hydroxylation is 2. The van der Waals surface area contributed by atoms with Crippen LogP contribution in [0.15, 0.2) is 29.3 Å². The number of amides is 1. The van der Waals surface area contributed by atoms with Crippen molar-refractivity contribution in [2.75, 3.05) is 6.61 Å². The van der Waals surface area contributed by atoms with Crippen molar-refractivity contribution in [3.63, 3.8) is 0 Å². The summed E-state index contributed by atoms with van der Waals surface area (Å²) in [6.45, 7) is 8.45. The standard InChI is InChI=1S/C18H22N4O2S/c1-6-24-13-7-8-14-16(10-13)25-18(21(14)5)19-17(23)15-9-12(4)20-22(15)11(2)3/h7-11H,6H2,1-5H3. The van der Waals surface area contributed by atoms with Crippen LogP contribution in [0.1, 0.15) is 43.0 Å². The molecule has 0 bridgehead atoms. The summed E-state index contributed by atoms with van der Waals surface area (Å²) in [6.07, 6.45) is 0. The van der Waals surface area contributed by atoms with Gasteiger partial charge in [0.15, 0.2) is 4.80 Å². The minimum atomic E-state index is -0.276. The van der Waals surface area contributed by atoms with Crippen LogP contribution in [0.25, 0.3) is 10.2 Å². The lowest BCUT2D eigenvalue weighted by molar-refractivity contribution is 0.0986. The Bertz CT molecular complexity index is 994. The van der Waals surface area contributed by atoms with E-state index in [1.165, 1.54) is 11.3 Å². The summed E-state index contributed by atoms with van der Waals surface area (Å²) in [5.41, 5.74) is 2.35. The molecule has 1 aromatic carbocycles. The third-order valence-electron chi connectivity index (χ3n) is 3.86. The number of aromatic nitrogens is 3. The Kier molecular flexibility index (Phi) is 4.76. The molecule has 7 heteroatoms. The summed E-state index contributed by atoms with van der Waals surface area (Å²) in [7, 11) is 1.91. The van der Waals surface area contributed by atoms with Crippen molar-refractivity contribution in [1.82, 2.24) is 14.3 Å². The Morgan fingerprint density at radius 3 is 2.80 bits per heavy atom. The number of thiazole rings is 1. The Hall–Kier alpha value is -2.41.